The fourth-order valence-electron chi connectivity index (χ4n) is 4.35. The van der Waals surface area contributed by atoms with Crippen molar-refractivity contribution in [1.82, 2.24) is 14.8 Å². The predicted molar refractivity (Wildman–Crippen MR) is 152 cm³/mol. The monoisotopic (exact) mass is 576 g/mol. The van der Waals surface area contributed by atoms with Gasteiger partial charge in [0.2, 0.25) is 5.91 Å². The minimum Gasteiger partial charge on any atom is -0.467 e. The lowest BCUT2D eigenvalue weighted by atomic mass is 10.1. The number of aryl methyl sites for hydroxylation is 2. The maximum absolute atomic E-state index is 13.6. The molecule has 1 fully saturated rings. The van der Waals surface area contributed by atoms with Crippen LogP contribution < -0.4 is 10.2 Å². The first-order valence-electron chi connectivity index (χ1n) is 11.7. The lowest BCUT2D eigenvalue weighted by molar-refractivity contribution is -0.121. The van der Waals surface area contributed by atoms with E-state index in [1.807, 2.05) is 73.2 Å². The van der Waals surface area contributed by atoms with Crippen LogP contribution in [0, 0.1) is 13.8 Å². The Hall–Kier alpha value is -3.69. The molecule has 5 rings (SSSR count). The zero-order chi connectivity index (χ0) is 26.3. The van der Waals surface area contributed by atoms with Crippen LogP contribution in [0.5, 0.6) is 0 Å². The number of rotatable bonds is 6. The molecule has 0 unspecified atom stereocenters. The molecule has 2 amide bonds. The second-order valence-corrected chi connectivity index (χ2v) is 10.3. The lowest BCUT2D eigenvalue weighted by Gasteiger charge is -2.17. The van der Waals surface area contributed by atoms with Gasteiger partial charge < -0.3 is 19.2 Å². The number of nitrogens with one attached hydrogen (secondary N) is 1. The zero-order valence-electron chi connectivity index (χ0n) is 20.6. The first-order valence-corrected chi connectivity index (χ1v) is 12.9. The molecule has 1 aliphatic heterocycles. The number of hydrogen-bond acceptors (Lipinski definition) is 4. The second kappa shape index (κ2) is 9.99. The van der Waals surface area contributed by atoms with E-state index in [1.54, 1.807) is 29.2 Å². The van der Waals surface area contributed by atoms with Crippen LogP contribution in [0.3, 0.4) is 0 Å². The van der Waals surface area contributed by atoms with Crippen LogP contribution in [0.15, 0.2) is 75.6 Å². The predicted octanol–water partition coefficient (Wildman–Crippen LogP) is 5.53. The SMILES string of the molecule is Cc1ccc(N2C(=O)/C(=C/c3cn(CC(=O)NCc4ccco4)c4ccc(Br)cc34)N(C)C2=S)cc1C. The van der Waals surface area contributed by atoms with Gasteiger partial charge in [0.15, 0.2) is 5.11 Å². The van der Waals surface area contributed by atoms with E-state index < -0.39 is 0 Å². The third-order valence-corrected chi connectivity index (χ3v) is 7.48. The smallest absolute Gasteiger partial charge is 0.281 e. The van der Waals surface area contributed by atoms with Crippen molar-refractivity contribution in [3.63, 3.8) is 0 Å². The van der Waals surface area contributed by atoms with Gasteiger partial charge in [0.1, 0.15) is 18.0 Å². The number of fused-ring (bicyclic) bond motifs is 1. The molecule has 1 aliphatic rings. The number of thiocarbonyl (C=S) groups is 1. The Balaban J connectivity index is 1.47. The van der Waals surface area contributed by atoms with Crippen LogP contribution in [0.25, 0.3) is 17.0 Å². The molecule has 1 N–H and O–H groups in total. The van der Waals surface area contributed by atoms with Gasteiger partial charge in [-0.25, -0.2) is 0 Å². The van der Waals surface area contributed by atoms with Crippen LogP contribution in [-0.4, -0.2) is 33.4 Å². The van der Waals surface area contributed by atoms with Gasteiger partial charge in [-0.15, -0.1) is 0 Å². The summed E-state index contributed by atoms with van der Waals surface area (Å²) < 4.78 is 8.07. The lowest BCUT2D eigenvalue weighted by Crippen LogP contribution is -2.31. The molecular formula is C28H25BrN4O3S. The summed E-state index contributed by atoms with van der Waals surface area (Å²) in [4.78, 5) is 29.5. The molecule has 7 nitrogen and oxygen atoms in total. The Bertz CT molecular complexity index is 1570. The molecule has 0 atom stereocenters. The molecular weight excluding hydrogens is 552 g/mol. The van der Waals surface area contributed by atoms with Crippen LogP contribution in [-0.2, 0) is 22.7 Å². The van der Waals surface area contributed by atoms with E-state index >= 15 is 0 Å². The number of aromatic nitrogens is 1. The van der Waals surface area contributed by atoms with Crippen molar-refractivity contribution in [2.45, 2.75) is 26.9 Å². The quantitative estimate of drug-likeness (QED) is 0.241. The average molecular weight is 578 g/mol. The van der Waals surface area contributed by atoms with Crippen LogP contribution in [0.4, 0.5) is 5.69 Å². The highest BCUT2D eigenvalue weighted by atomic mass is 79.9. The average Bonchev–Trinajstić information content (AvgIpc) is 3.55. The van der Waals surface area contributed by atoms with E-state index in [0.29, 0.717) is 23.1 Å². The summed E-state index contributed by atoms with van der Waals surface area (Å²) in [5.74, 6) is 0.349. The molecule has 0 saturated carbocycles. The summed E-state index contributed by atoms with van der Waals surface area (Å²) in [5, 5.41) is 4.21. The molecule has 4 aromatic rings. The molecule has 2 aromatic heterocycles. The van der Waals surface area contributed by atoms with Crippen molar-refractivity contribution < 1.29 is 14.0 Å². The number of halogens is 1. The topological polar surface area (TPSA) is 70.7 Å². The Labute approximate surface area is 228 Å². The van der Waals surface area contributed by atoms with Gasteiger partial charge in [-0.2, -0.15) is 0 Å². The third kappa shape index (κ3) is 4.84. The number of carbonyl (C=O) groups is 2. The van der Waals surface area contributed by atoms with Crippen molar-refractivity contribution in [2.24, 2.45) is 0 Å². The molecule has 0 bridgehead atoms. The maximum atomic E-state index is 13.6. The van der Waals surface area contributed by atoms with E-state index in [2.05, 4.69) is 21.2 Å². The molecule has 0 aliphatic carbocycles. The number of carbonyl (C=O) groups excluding carboxylic acids is 2. The number of furan rings is 1. The fourth-order valence-corrected chi connectivity index (χ4v) is 5.00. The second-order valence-electron chi connectivity index (χ2n) is 9.01. The Morgan fingerprint density at radius 1 is 1.14 bits per heavy atom. The van der Waals surface area contributed by atoms with Gasteiger partial charge in [-0.05, 0) is 85.7 Å². The van der Waals surface area contributed by atoms with Crippen molar-refractivity contribution in [1.29, 1.82) is 0 Å². The standard InChI is InChI=1S/C28H25BrN4O3S/c1-17-6-8-21(11-18(17)2)33-27(35)25(31(3)28(33)37)12-19-15-32(24-9-7-20(29)13-23(19)24)16-26(34)30-14-22-5-4-10-36-22/h4-13,15H,14,16H2,1-3H3,(H,30,34)/b25-12-. The van der Waals surface area contributed by atoms with Gasteiger partial charge in [-0.1, -0.05) is 22.0 Å². The number of anilines is 1. The van der Waals surface area contributed by atoms with Gasteiger partial charge >= 0.3 is 0 Å². The molecule has 9 heteroatoms. The van der Waals surface area contributed by atoms with Crippen molar-refractivity contribution >= 4 is 67.7 Å². The first kappa shape index (κ1) is 25.0. The van der Waals surface area contributed by atoms with E-state index in [1.165, 1.54) is 0 Å². The summed E-state index contributed by atoms with van der Waals surface area (Å²) in [6, 6.07) is 15.3. The third-order valence-electron chi connectivity index (χ3n) is 6.53. The fraction of sp³-hybridized carbons (Fsp3) is 0.179. The van der Waals surface area contributed by atoms with Crippen molar-refractivity contribution in [3.8, 4) is 0 Å². The van der Waals surface area contributed by atoms with E-state index in [9.17, 15) is 9.59 Å². The Kier molecular flexibility index (Phi) is 6.74. The molecule has 188 valence electrons. The summed E-state index contributed by atoms with van der Waals surface area (Å²) in [5.41, 5.74) is 5.14. The first-order chi connectivity index (χ1) is 17.7. The summed E-state index contributed by atoms with van der Waals surface area (Å²) in [6.07, 6.45) is 5.30. The summed E-state index contributed by atoms with van der Waals surface area (Å²) in [6.45, 7) is 4.49. The van der Waals surface area contributed by atoms with Crippen molar-refractivity contribution in [2.75, 3.05) is 11.9 Å². The van der Waals surface area contributed by atoms with Crippen molar-refractivity contribution in [3.05, 3.63) is 93.6 Å². The Morgan fingerprint density at radius 3 is 2.68 bits per heavy atom. The summed E-state index contributed by atoms with van der Waals surface area (Å²) >= 11 is 9.20. The highest BCUT2D eigenvalue weighted by Crippen LogP contribution is 2.32. The van der Waals surface area contributed by atoms with E-state index in [0.717, 1.165) is 37.8 Å². The maximum Gasteiger partial charge on any atom is 0.281 e. The molecule has 1 saturated heterocycles. The molecule has 0 spiro atoms. The van der Waals surface area contributed by atoms with Gasteiger partial charge in [0.25, 0.3) is 5.91 Å². The van der Waals surface area contributed by atoms with Gasteiger partial charge in [0, 0.05) is 34.2 Å². The minimum atomic E-state index is -0.192. The normalized spacial score (nSPS) is 14.9. The number of nitrogens with zero attached hydrogens (tertiary/aromatic N) is 3. The van der Waals surface area contributed by atoms with E-state index in [4.69, 9.17) is 16.6 Å². The molecule has 0 radical (unpaired) electrons. The van der Waals surface area contributed by atoms with Crippen LogP contribution >= 0.6 is 28.1 Å². The number of likely N-dealkylation sites (N-methyl/N-ethyl adjacent to an activating group) is 1. The van der Waals surface area contributed by atoms with Crippen LogP contribution in [0.2, 0.25) is 0 Å². The Morgan fingerprint density at radius 2 is 1.95 bits per heavy atom. The van der Waals surface area contributed by atoms with Crippen LogP contribution in [0.1, 0.15) is 22.5 Å². The molecule has 37 heavy (non-hydrogen) atoms. The number of benzene rings is 2. The highest BCUT2D eigenvalue weighted by Gasteiger charge is 2.37. The summed E-state index contributed by atoms with van der Waals surface area (Å²) in [7, 11) is 1.80. The largest absolute Gasteiger partial charge is 0.467 e. The van der Waals surface area contributed by atoms with E-state index in [-0.39, 0.29) is 18.4 Å². The molecule has 2 aromatic carbocycles. The van der Waals surface area contributed by atoms with Gasteiger partial charge in [0.05, 0.1) is 18.5 Å². The highest BCUT2D eigenvalue weighted by molar-refractivity contribution is 9.10. The number of amides is 2. The number of hydrogen-bond donors (Lipinski definition) is 1. The minimum absolute atomic E-state index is 0.124. The molecule has 3 heterocycles. The zero-order valence-corrected chi connectivity index (χ0v) is 23.0. The van der Waals surface area contributed by atoms with Gasteiger partial charge in [-0.3, -0.25) is 14.5 Å².